The van der Waals surface area contributed by atoms with Crippen molar-refractivity contribution in [3.8, 4) is 0 Å². The number of benzene rings is 1. The highest BCUT2D eigenvalue weighted by Gasteiger charge is 2.40. The van der Waals surface area contributed by atoms with Gasteiger partial charge in [0.05, 0.1) is 11.4 Å². The van der Waals surface area contributed by atoms with Gasteiger partial charge in [0, 0.05) is 25.6 Å². The second kappa shape index (κ2) is 12.7. The first-order valence-electron chi connectivity index (χ1n) is 13.1. The molecule has 2 heterocycles. The van der Waals surface area contributed by atoms with E-state index in [1.807, 2.05) is 20.8 Å². The maximum absolute atomic E-state index is 13.4. The average Bonchev–Trinajstić information content (AvgIpc) is 3.36. The normalized spacial score (nSPS) is 19.8. The molecule has 0 aromatic heterocycles. The van der Waals surface area contributed by atoms with E-state index in [0.29, 0.717) is 38.6 Å². The number of carbonyl (C=O) groups is 4. The van der Waals surface area contributed by atoms with Crippen molar-refractivity contribution in [1.29, 1.82) is 0 Å². The monoisotopic (exact) mass is 549 g/mol. The molecule has 12 heteroatoms. The van der Waals surface area contributed by atoms with Gasteiger partial charge in [-0.25, -0.2) is 8.42 Å². The summed E-state index contributed by atoms with van der Waals surface area (Å²) >= 11 is 0. The van der Waals surface area contributed by atoms with Crippen molar-refractivity contribution in [3.05, 3.63) is 29.8 Å². The maximum Gasteiger partial charge on any atom is 0.243 e. The number of aryl methyl sites for hydroxylation is 1. The molecular weight excluding hydrogens is 510 g/mol. The lowest BCUT2D eigenvalue weighted by atomic mass is 9.96. The summed E-state index contributed by atoms with van der Waals surface area (Å²) in [5.41, 5.74) is 6.08. The molecule has 0 bridgehead atoms. The molecule has 11 nitrogen and oxygen atoms in total. The van der Waals surface area contributed by atoms with Gasteiger partial charge in [-0.05, 0) is 57.1 Å². The highest BCUT2D eigenvalue weighted by molar-refractivity contribution is 7.89. The second-order valence-corrected chi connectivity index (χ2v) is 12.5. The van der Waals surface area contributed by atoms with Gasteiger partial charge in [0.25, 0.3) is 0 Å². The van der Waals surface area contributed by atoms with E-state index >= 15 is 0 Å². The lowest BCUT2D eigenvalue weighted by Crippen LogP contribution is -2.55. The molecule has 2 saturated heterocycles. The van der Waals surface area contributed by atoms with Crippen LogP contribution in [0.3, 0.4) is 0 Å². The Morgan fingerprint density at radius 2 is 1.66 bits per heavy atom. The molecule has 2 aliphatic rings. The van der Waals surface area contributed by atoms with E-state index in [0.717, 1.165) is 5.56 Å². The molecule has 38 heavy (non-hydrogen) atoms. The smallest absolute Gasteiger partial charge is 0.243 e. The summed E-state index contributed by atoms with van der Waals surface area (Å²) in [6, 6.07) is 5.15. The predicted molar refractivity (Wildman–Crippen MR) is 141 cm³/mol. The van der Waals surface area contributed by atoms with Crippen LogP contribution in [0.5, 0.6) is 0 Å². The van der Waals surface area contributed by atoms with Crippen LogP contribution in [0.25, 0.3) is 0 Å². The molecule has 210 valence electrons. The topological polar surface area (TPSA) is 159 Å². The highest BCUT2D eigenvalue weighted by atomic mass is 32.2. The number of carbonyl (C=O) groups excluding carboxylic acids is 4. The van der Waals surface area contributed by atoms with Crippen molar-refractivity contribution < 1.29 is 27.6 Å². The van der Waals surface area contributed by atoms with E-state index in [2.05, 4.69) is 10.6 Å². The molecule has 1 aromatic carbocycles. The number of nitrogens with one attached hydrogen (secondary N) is 2. The zero-order valence-electron chi connectivity index (χ0n) is 22.3. The molecule has 4 N–H and O–H groups in total. The number of primary amides is 1. The summed E-state index contributed by atoms with van der Waals surface area (Å²) in [4.78, 5) is 52.0. The van der Waals surface area contributed by atoms with Crippen LogP contribution in [0.15, 0.2) is 29.2 Å². The van der Waals surface area contributed by atoms with Crippen LogP contribution in [-0.2, 0) is 29.2 Å². The number of amides is 4. The second-order valence-electron chi connectivity index (χ2n) is 10.6. The van der Waals surface area contributed by atoms with Gasteiger partial charge in [-0.2, -0.15) is 4.31 Å². The summed E-state index contributed by atoms with van der Waals surface area (Å²) < 4.78 is 27.4. The fraction of sp³-hybridized carbons (Fsp3) is 0.615. The van der Waals surface area contributed by atoms with Crippen molar-refractivity contribution in [2.45, 2.75) is 69.9 Å². The Labute approximate surface area is 224 Å². The Kier molecular flexibility index (Phi) is 9.88. The largest absolute Gasteiger partial charge is 0.368 e. The minimum atomic E-state index is -3.64. The van der Waals surface area contributed by atoms with E-state index in [1.54, 1.807) is 29.2 Å². The average molecular weight is 550 g/mol. The summed E-state index contributed by atoms with van der Waals surface area (Å²) in [5.74, 6) is -2.02. The van der Waals surface area contributed by atoms with Crippen molar-refractivity contribution >= 4 is 33.7 Å². The van der Waals surface area contributed by atoms with Crippen LogP contribution < -0.4 is 16.4 Å². The van der Waals surface area contributed by atoms with E-state index < -0.39 is 39.8 Å². The quantitative estimate of drug-likeness (QED) is 0.386. The molecule has 2 fully saturated rings. The third-order valence-electron chi connectivity index (χ3n) is 7.08. The molecule has 0 saturated carbocycles. The molecule has 4 amide bonds. The van der Waals surface area contributed by atoms with E-state index in [1.165, 1.54) is 4.31 Å². The van der Waals surface area contributed by atoms with Gasteiger partial charge in [-0.1, -0.05) is 31.5 Å². The van der Waals surface area contributed by atoms with Crippen molar-refractivity contribution in [2.75, 3.05) is 26.2 Å². The van der Waals surface area contributed by atoms with Crippen molar-refractivity contribution in [2.24, 2.45) is 17.6 Å². The molecule has 0 unspecified atom stereocenters. The molecule has 1 aromatic rings. The molecule has 3 rings (SSSR count). The van der Waals surface area contributed by atoms with E-state index in [9.17, 15) is 27.6 Å². The standard InChI is InChI=1S/C26H39N5O6S/c1-17(2)15-21(24(33)28-16-23(27)32)29-25(34)22-5-4-12-31(22)26(35)19-10-13-30(14-11-19)38(36,37)20-8-6-18(3)7-9-20/h6-9,17,19,21-22H,4-5,10-16H2,1-3H3,(H2,27,32)(H,28,33)(H,29,34)/t21-,22+/m1/s1. The number of piperidine rings is 1. The van der Waals surface area contributed by atoms with Gasteiger partial charge in [-0.3, -0.25) is 19.2 Å². The molecular formula is C26H39N5O6S. The maximum atomic E-state index is 13.4. The number of hydrogen-bond donors (Lipinski definition) is 3. The number of likely N-dealkylation sites (tertiary alicyclic amines) is 1. The first kappa shape index (κ1) is 29.6. The molecule has 2 aliphatic heterocycles. The Balaban J connectivity index is 1.61. The number of nitrogens with two attached hydrogens (primary N) is 1. The van der Waals surface area contributed by atoms with Crippen LogP contribution in [0.4, 0.5) is 0 Å². The van der Waals surface area contributed by atoms with Gasteiger partial charge >= 0.3 is 0 Å². The van der Waals surface area contributed by atoms with Gasteiger partial charge in [0.1, 0.15) is 12.1 Å². The van der Waals surface area contributed by atoms with Crippen LogP contribution in [-0.4, -0.2) is 79.5 Å². The number of nitrogens with zero attached hydrogens (tertiary/aromatic N) is 2. The molecule has 2 atom stereocenters. The van der Waals surface area contributed by atoms with Crippen LogP contribution in [0.1, 0.15) is 51.5 Å². The van der Waals surface area contributed by atoms with E-state index in [-0.39, 0.29) is 42.3 Å². The van der Waals surface area contributed by atoms with Gasteiger partial charge in [0.2, 0.25) is 33.7 Å². The lowest BCUT2D eigenvalue weighted by Gasteiger charge is -2.34. The van der Waals surface area contributed by atoms with Crippen molar-refractivity contribution in [3.63, 3.8) is 0 Å². The minimum absolute atomic E-state index is 0.0994. The summed E-state index contributed by atoms with van der Waals surface area (Å²) in [6.45, 7) is 6.29. The van der Waals surface area contributed by atoms with Crippen LogP contribution in [0, 0.1) is 18.8 Å². The lowest BCUT2D eigenvalue weighted by molar-refractivity contribution is -0.143. The fourth-order valence-electron chi connectivity index (χ4n) is 5.01. The highest BCUT2D eigenvalue weighted by Crippen LogP contribution is 2.28. The number of rotatable bonds is 10. The zero-order valence-corrected chi connectivity index (χ0v) is 23.1. The Morgan fingerprint density at radius 3 is 2.24 bits per heavy atom. The predicted octanol–water partition coefficient (Wildman–Crippen LogP) is 0.519. The number of sulfonamides is 1. The van der Waals surface area contributed by atoms with Gasteiger partial charge in [-0.15, -0.1) is 0 Å². The van der Waals surface area contributed by atoms with Crippen LogP contribution >= 0.6 is 0 Å². The Bertz CT molecular complexity index is 1130. The molecule has 0 spiro atoms. The summed E-state index contributed by atoms with van der Waals surface area (Å²) in [5, 5.41) is 5.20. The van der Waals surface area contributed by atoms with Crippen molar-refractivity contribution in [1.82, 2.24) is 19.8 Å². The zero-order chi connectivity index (χ0) is 28.0. The molecule has 0 aliphatic carbocycles. The number of hydrogen-bond acceptors (Lipinski definition) is 6. The third-order valence-corrected chi connectivity index (χ3v) is 8.99. The Morgan fingerprint density at radius 1 is 1.03 bits per heavy atom. The summed E-state index contributed by atoms with van der Waals surface area (Å²) in [7, 11) is -3.64. The van der Waals surface area contributed by atoms with Gasteiger partial charge < -0.3 is 21.3 Å². The van der Waals surface area contributed by atoms with Crippen LogP contribution in [0.2, 0.25) is 0 Å². The summed E-state index contributed by atoms with van der Waals surface area (Å²) in [6.07, 6.45) is 2.26. The fourth-order valence-corrected chi connectivity index (χ4v) is 6.48. The third kappa shape index (κ3) is 7.31. The SMILES string of the molecule is Cc1ccc(S(=O)(=O)N2CCC(C(=O)N3CCC[C@H]3C(=O)N[C@H](CC(C)C)C(=O)NCC(N)=O)CC2)cc1. The Hall–Kier alpha value is -2.99. The minimum Gasteiger partial charge on any atom is -0.368 e. The van der Waals surface area contributed by atoms with E-state index in [4.69, 9.17) is 5.73 Å². The molecule has 0 radical (unpaired) electrons. The van der Waals surface area contributed by atoms with Gasteiger partial charge in [0.15, 0.2) is 0 Å². The first-order chi connectivity index (χ1) is 17.9. The first-order valence-corrected chi connectivity index (χ1v) is 14.6.